The number of imide groups is 1. The molecule has 0 saturated heterocycles. The average molecular weight is 504 g/mol. The zero-order valence-electron chi connectivity index (χ0n) is 19.4. The monoisotopic (exact) mass is 503 g/mol. The van der Waals surface area contributed by atoms with Crippen LogP contribution >= 0.6 is 0 Å². The van der Waals surface area contributed by atoms with Gasteiger partial charge in [-0.05, 0) is 12.1 Å². The van der Waals surface area contributed by atoms with Crippen molar-refractivity contribution in [3.05, 3.63) is 59.7 Å². The van der Waals surface area contributed by atoms with Crippen LogP contribution in [0.15, 0.2) is 48.5 Å². The summed E-state index contributed by atoms with van der Waals surface area (Å²) in [7, 11) is -2.09. The molecule has 0 bridgehead atoms. The van der Waals surface area contributed by atoms with E-state index in [2.05, 4.69) is 14.5 Å². The second-order valence-corrected chi connectivity index (χ2v) is 11.0. The summed E-state index contributed by atoms with van der Waals surface area (Å²) >= 11 is 0. The number of fused-ring (bicyclic) bond motifs is 9. The van der Waals surface area contributed by atoms with Crippen LogP contribution in [-0.2, 0) is 19.0 Å². The Balaban J connectivity index is 1.77. The second kappa shape index (κ2) is 7.16. The molecule has 2 amide bonds. The highest BCUT2D eigenvalue weighted by molar-refractivity contribution is 7.85. The number of carbonyl (C=O) groups is 2. The highest BCUT2D eigenvalue weighted by atomic mass is 32.2. The van der Waals surface area contributed by atoms with Crippen LogP contribution in [-0.4, -0.2) is 49.3 Å². The second-order valence-electron chi connectivity index (χ2n) is 9.32. The standard InChI is InChI=1S/C26H21N3O6S/c1-34-18-11-13(12-35-36(2,32)33)28-16-9-5-3-7-14(16)19-21-22(26(31)27-25(21)30)20-15-8-4-6-10-17(15)29(18)24(20)23(19)28/h3-10,13,18H,11-12H2,1-2H3,(H,27,30,31)/t13-,18+/m1/s1. The van der Waals surface area contributed by atoms with Crippen molar-refractivity contribution in [1.29, 1.82) is 0 Å². The molecule has 0 aliphatic carbocycles. The third-order valence-electron chi connectivity index (χ3n) is 7.35. The number of aromatic nitrogens is 2. The summed E-state index contributed by atoms with van der Waals surface area (Å²) in [5, 5.41) is 5.52. The van der Waals surface area contributed by atoms with Crippen molar-refractivity contribution < 1.29 is 26.9 Å². The van der Waals surface area contributed by atoms with Gasteiger partial charge in [-0.2, -0.15) is 8.42 Å². The van der Waals surface area contributed by atoms with Crippen LogP contribution in [0.4, 0.5) is 0 Å². The van der Waals surface area contributed by atoms with Crippen LogP contribution in [0.1, 0.15) is 39.4 Å². The Morgan fingerprint density at radius 1 is 0.889 bits per heavy atom. The highest BCUT2D eigenvalue weighted by Crippen LogP contribution is 2.49. The predicted molar refractivity (Wildman–Crippen MR) is 135 cm³/mol. The van der Waals surface area contributed by atoms with E-state index in [1.165, 1.54) is 0 Å². The Hall–Kier alpha value is -3.73. The van der Waals surface area contributed by atoms with E-state index in [4.69, 9.17) is 8.92 Å². The summed E-state index contributed by atoms with van der Waals surface area (Å²) < 4.78 is 39.3. The number of amides is 2. The molecule has 1 N–H and O–H groups in total. The molecule has 0 radical (unpaired) electrons. The maximum Gasteiger partial charge on any atom is 0.264 e. The number of hydrogen-bond acceptors (Lipinski definition) is 6. The normalized spacial score (nSPS) is 19.6. The summed E-state index contributed by atoms with van der Waals surface area (Å²) in [4.78, 5) is 26.4. The van der Waals surface area contributed by atoms with Crippen molar-refractivity contribution in [2.75, 3.05) is 20.0 Å². The molecular weight excluding hydrogens is 482 g/mol. The lowest BCUT2D eigenvalue weighted by Gasteiger charge is -2.24. The Kier molecular flexibility index (Phi) is 4.28. The van der Waals surface area contributed by atoms with Gasteiger partial charge in [0.05, 0.1) is 46.6 Å². The van der Waals surface area contributed by atoms with Gasteiger partial charge in [-0.15, -0.1) is 0 Å². The van der Waals surface area contributed by atoms with Gasteiger partial charge in [0.25, 0.3) is 21.9 Å². The number of rotatable bonds is 4. The number of hydrogen-bond donors (Lipinski definition) is 1. The van der Waals surface area contributed by atoms with Crippen LogP contribution in [0.25, 0.3) is 43.6 Å². The van der Waals surface area contributed by atoms with Crippen molar-refractivity contribution in [2.45, 2.75) is 18.7 Å². The molecule has 2 aromatic heterocycles. The lowest BCUT2D eigenvalue weighted by atomic mass is 9.96. The predicted octanol–water partition coefficient (Wildman–Crippen LogP) is 3.85. The third-order valence-corrected chi connectivity index (χ3v) is 7.91. The topological polar surface area (TPSA) is 109 Å². The number of nitrogens with zero attached hydrogens (tertiary/aromatic N) is 2. The van der Waals surface area contributed by atoms with Gasteiger partial charge in [0.15, 0.2) is 0 Å². The molecule has 0 saturated carbocycles. The van der Waals surface area contributed by atoms with Crippen LogP contribution in [0.2, 0.25) is 0 Å². The van der Waals surface area contributed by atoms with Crippen LogP contribution < -0.4 is 5.32 Å². The molecule has 4 heterocycles. The molecule has 3 aromatic carbocycles. The lowest BCUT2D eigenvalue weighted by Crippen LogP contribution is -2.21. The minimum atomic E-state index is -3.70. The number of nitrogens with one attached hydrogen (secondary N) is 1. The number of carbonyl (C=O) groups excluding carboxylic acids is 2. The van der Waals surface area contributed by atoms with Gasteiger partial charge in [0.2, 0.25) is 0 Å². The number of ether oxygens (including phenoxy) is 1. The molecule has 5 aromatic rings. The van der Waals surface area contributed by atoms with E-state index in [1.54, 1.807) is 7.11 Å². The molecule has 0 fully saturated rings. The van der Waals surface area contributed by atoms with E-state index in [0.717, 1.165) is 39.1 Å². The smallest absolute Gasteiger partial charge is 0.264 e. The van der Waals surface area contributed by atoms with Crippen LogP contribution in [0.5, 0.6) is 0 Å². The van der Waals surface area contributed by atoms with Gasteiger partial charge in [-0.3, -0.25) is 19.1 Å². The molecule has 2 aliphatic heterocycles. The maximum atomic E-state index is 13.2. The van der Waals surface area contributed by atoms with Crippen LogP contribution in [0, 0.1) is 0 Å². The fourth-order valence-electron chi connectivity index (χ4n) is 6.10. The van der Waals surface area contributed by atoms with Gasteiger partial charge in [-0.1, -0.05) is 36.4 Å². The van der Waals surface area contributed by atoms with Gasteiger partial charge in [0.1, 0.15) is 6.23 Å². The summed E-state index contributed by atoms with van der Waals surface area (Å²) in [5.41, 5.74) is 3.93. The number of benzene rings is 3. The largest absolute Gasteiger partial charge is 0.361 e. The SMILES string of the molecule is CO[C@H]1C[C@H](COS(C)(=O)=O)n2c3ccccc3c3c4c(c5c6ccccc6n1c5c32)C(=O)NC4=O. The van der Waals surface area contributed by atoms with E-state index in [-0.39, 0.29) is 6.61 Å². The summed E-state index contributed by atoms with van der Waals surface area (Å²) in [6, 6.07) is 15.0. The molecule has 10 heteroatoms. The van der Waals surface area contributed by atoms with Crippen molar-refractivity contribution in [1.82, 2.24) is 14.5 Å². The first-order valence-electron chi connectivity index (χ1n) is 11.5. The van der Waals surface area contributed by atoms with Crippen molar-refractivity contribution >= 4 is 65.5 Å². The van der Waals surface area contributed by atoms with Gasteiger partial charge < -0.3 is 13.9 Å². The molecule has 36 heavy (non-hydrogen) atoms. The van der Waals surface area contributed by atoms with Crippen molar-refractivity contribution in [2.24, 2.45) is 0 Å². The Labute approximate surface area is 205 Å². The number of methoxy groups -OCH3 is 1. The molecule has 7 rings (SSSR count). The first-order chi connectivity index (χ1) is 17.3. The first kappa shape index (κ1) is 21.5. The zero-order chi connectivity index (χ0) is 24.9. The Morgan fingerprint density at radius 2 is 1.42 bits per heavy atom. The molecule has 0 spiro atoms. The molecular formula is C26H21N3O6S. The summed E-state index contributed by atoms with van der Waals surface area (Å²) in [6.45, 7) is -0.0983. The minimum absolute atomic E-state index is 0.0983. The van der Waals surface area contributed by atoms with Gasteiger partial charge in [-0.25, -0.2) is 0 Å². The molecule has 2 aliphatic rings. The fraction of sp³-hybridized carbons (Fsp3) is 0.231. The lowest BCUT2D eigenvalue weighted by molar-refractivity contribution is 0.0284. The Bertz CT molecular complexity index is 1920. The van der Waals surface area contributed by atoms with E-state index in [0.29, 0.717) is 28.3 Å². The molecule has 0 unspecified atom stereocenters. The average Bonchev–Trinajstić information content (AvgIpc) is 3.42. The van der Waals surface area contributed by atoms with Crippen LogP contribution in [0.3, 0.4) is 0 Å². The van der Waals surface area contributed by atoms with E-state index in [1.807, 2.05) is 48.5 Å². The first-order valence-corrected chi connectivity index (χ1v) is 13.4. The maximum absolute atomic E-state index is 13.2. The van der Waals surface area contributed by atoms with E-state index >= 15 is 0 Å². The summed E-state index contributed by atoms with van der Waals surface area (Å²) in [5.74, 6) is -0.861. The molecule has 2 atom stereocenters. The quantitative estimate of drug-likeness (QED) is 0.295. The number of para-hydroxylation sites is 2. The van der Waals surface area contributed by atoms with Crippen molar-refractivity contribution in [3.8, 4) is 0 Å². The Morgan fingerprint density at radius 3 is 1.97 bits per heavy atom. The summed E-state index contributed by atoms with van der Waals surface area (Å²) in [6.07, 6.45) is 0.967. The third kappa shape index (κ3) is 2.69. The molecule has 9 nitrogen and oxygen atoms in total. The molecule has 182 valence electrons. The zero-order valence-corrected chi connectivity index (χ0v) is 20.3. The van der Waals surface area contributed by atoms with Gasteiger partial charge in [0, 0.05) is 40.6 Å². The highest BCUT2D eigenvalue weighted by Gasteiger charge is 2.40. The minimum Gasteiger partial charge on any atom is -0.361 e. The van der Waals surface area contributed by atoms with E-state index in [9.17, 15) is 18.0 Å². The van der Waals surface area contributed by atoms with E-state index < -0.39 is 34.2 Å². The fourth-order valence-corrected chi connectivity index (χ4v) is 6.50. The van der Waals surface area contributed by atoms with Gasteiger partial charge >= 0.3 is 0 Å². The van der Waals surface area contributed by atoms with Crippen molar-refractivity contribution in [3.63, 3.8) is 0 Å².